The van der Waals surface area contributed by atoms with Crippen molar-refractivity contribution in [1.29, 1.82) is 0 Å². The molecule has 0 aliphatic heterocycles. The Labute approximate surface area is 137 Å². The Bertz CT molecular complexity index is 395. The van der Waals surface area contributed by atoms with Gasteiger partial charge in [-0.3, -0.25) is 0 Å². The van der Waals surface area contributed by atoms with Gasteiger partial charge in [-0.25, -0.2) is 0 Å². The van der Waals surface area contributed by atoms with Gasteiger partial charge in [-0.2, -0.15) is 13.2 Å². The second-order valence-electron chi connectivity index (χ2n) is 3.11. The molecular weight excluding hydrogens is 272 g/mol. The van der Waals surface area contributed by atoms with Crippen molar-refractivity contribution in [2.24, 2.45) is 0 Å². The van der Waals surface area contributed by atoms with Crippen LogP contribution in [-0.2, 0) is 6.18 Å². The van der Waals surface area contributed by atoms with E-state index in [1.54, 1.807) is 0 Å². The minimum atomic E-state index is -5.13. The molecule has 0 saturated carbocycles. The molecule has 1 rings (SSSR count). The fraction of sp³-hybridized carbons (Fsp3) is 0.111. The average Bonchev–Trinajstić information content (AvgIpc) is 2.13. The molecule has 0 amide bonds. The Hall–Kier alpha value is 0.241. The van der Waals surface area contributed by atoms with Gasteiger partial charge in [0.2, 0.25) is 0 Å². The van der Waals surface area contributed by atoms with Crippen molar-refractivity contribution in [3.63, 3.8) is 0 Å². The molecule has 1 aromatic rings. The van der Waals surface area contributed by atoms with Crippen LogP contribution < -0.4 is 51.4 Å². The van der Waals surface area contributed by atoms with Crippen molar-refractivity contribution >= 4 is 13.1 Å². The van der Waals surface area contributed by atoms with Crippen LogP contribution in [0.3, 0.4) is 0 Å². The van der Waals surface area contributed by atoms with Gasteiger partial charge in [0.25, 0.3) is 0 Å². The Morgan fingerprint density at radius 3 is 2.12 bits per heavy atom. The zero-order chi connectivity index (χ0) is 12.4. The van der Waals surface area contributed by atoms with E-state index < -0.39 is 18.7 Å². The maximum atomic E-state index is 12.2. The molecule has 0 unspecified atom stereocenters. The molecule has 0 saturated heterocycles. The number of hydrogen-bond donors (Lipinski definition) is 0. The summed E-state index contributed by atoms with van der Waals surface area (Å²) in [5.41, 5.74) is -1.10. The van der Waals surface area contributed by atoms with Crippen LogP contribution in [0.1, 0.15) is 11.1 Å². The fourth-order valence-corrected chi connectivity index (χ4v) is 1.04. The van der Waals surface area contributed by atoms with Crippen LogP contribution in [0.5, 0.6) is 0 Å². The van der Waals surface area contributed by atoms with Gasteiger partial charge < -0.3 is 12.9 Å². The SMILES string of the molecule is F[B-](F)(F)/C=C/c1cccc(C(F)(F)F)c1.[K+]. The fourth-order valence-electron chi connectivity index (χ4n) is 1.04. The van der Waals surface area contributed by atoms with Gasteiger partial charge in [0.1, 0.15) is 0 Å². The predicted molar refractivity (Wildman–Crippen MR) is 49.6 cm³/mol. The van der Waals surface area contributed by atoms with E-state index in [-0.39, 0.29) is 62.9 Å². The maximum absolute atomic E-state index is 12.2. The Balaban J connectivity index is 0.00000256. The van der Waals surface area contributed by atoms with Crippen molar-refractivity contribution in [3.05, 3.63) is 41.4 Å². The molecule has 0 nitrogen and oxygen atoms in total. The second kappa shape index (κ2) is 6.42. The molecule has 0 atom stereocenters. The van der Waals surface area contributed by atoms with Crippen LogP contribution in [0.2, 0.25) is 0 Å². The number of rotatable bonds is 2. The molecule has 0 N–H and O–H groups in total. The second-order valence-corrected chi connectivity index (χ2v) is 3.11. The Morgan fingerprint density at radius 2 is 1.65 bits per heavy atom. The smallest absolute Gasteiger partial charge is 0.445 e. The molecule has 88 valence electrons. The summed E-state index contributed by atoms with van der Waals surface area (Å²) in [5.74, 6) is -0.0461. The summed E-state index contributed by atoms with van der Waals surface area (Å²) in [6.07, 6.45) is -3.93. The summed E-state index contributed by atoms with van der Waals surface area (Å²) in [6.45, 7) is -5.13. The van der Waals surface area contributed by atoms with Gasteiger partial charge in [-0.15, -0.1) is 5.98 Å². The van der Waals surface area contributed by atoms with Crippen LogP contribution in [0.15, 0.2) is 30.2 Å². The van der Waals surface area contributed by atoms with Crippen LogP contribution >= 0.6 is 0 Å². The van der Waals surface area contributed by atoms with Gasteiger partial charge in [-0.1, -0.05) is 18.2 Å². The third kappa shape index (κ3) is 6.66. The van der Waals surface area contributed by atoms with E-state index in [1.165, 1.54) is 6.07 Å². The predicted octanol–water partition coefficient (Wildman–Crippen LogP) is 1.11. The van der Waals surface area contributed by atoms with Crippen molar-refractivity contribution in [2.75, 3.05) is 0 Å². The van der Waals surface area contributed by atoms with Gasteiger partial charge in [0, 0.05) is 0 Å². The quantitative estimate of drug-likeness (QED) is 0.561. The Kier molecular flexibility index (Phi) is 6.51. The minimum absolute atomic E-state index is 0. The normalized spacial score (nSPS) is 12.6. The first-order valence-electron chi connectivity index (χ1n) is 4.25. The van der Waals surface area contributed by atoms with Gasteiger partial charge in [0.05, 0.1) is 5.56 Å². The summed E-state index contributed by atoms with van der Waals surface area (Å²) in [6, 6.07) is 3.70. The topological polar surface area (TPSA) is 0 Å². The van der Waals surface area contributed by atoms with E-state index in [0.717, 1.165) is 12.1 Å². The third-order valence-corrected chi connectivity index (χ3v) is 1.72. The first-order valence-corrected chi connectivity index (χ1v) is 4.25. The molecule has 0 aliphatic carbocycles. The molecule has 0 spiro atoms. The zero-order valence-electron chi connectivity index (χ0n) is 8.81. The van der Waals surface area contributed by atoms with Gasteiger partial charge >= 0.3 is 64.5 Å². The summed E-state index contributed by atoms with van der Waals surface area (Å²) < 4.78 is 72.1. The van der Waals surface area contributed by atoms with E-state index >= 15 is 0 Å². The summed E-state index contributed by atoms with van der Waals surface area (Å²) in [5, 5.41) is 0. The van der Waals surface area contributed by atoms with Crippen LogP contribution in [0, 0.1) is 0 Å². The molecule has 17 heavy (non-hydrogen) atoms. The molecule has 1 aromatic carbocycles. The van der Waals surface area contributed by atoms with Crippen molar-refractivity contribution in [2.45, 2.75) is 6.18 Å². The monoisotopic (exact) mass is 278 g/mol. The summed E-state index contributed by atoms with van der Waals surface area (Å²) >= 11 is 0. The third-order valence-electron chi connectivity index (χ3n) is 1.72. The molecule has 0 bridgehead atoms. The number of benzene rings is 1. The average molecular weight is 278 g/mol. The minimum Gasteiger partial charge on any atom is -0.445 e. The van der Waals surface area contributed by atoms with Crippen LogP contribution in [0.4, 0.5) is 26.1 Å². The molecule has 0 radical (unpaired) electrons. The van der Waals surface area contributed by atoms with Gasteiger partial charge in [0.15, 0.2) is 0 Å². The van der Waals surface area contributed by atoms with Crippen LogP contribution in [-0.4, -0.2) is 6.98 Å². The zero-order valence-corrected chi connectivity index (χ0v) is 11.9. The number of halogens is 6. The molecule has 0 fully saturated rings. The first-order chi connectivity index (χ1) is 7.18. The summed E-state index contributed by atoms with van der Waals surface area (Å²) in [4.78, 5) is 0. The van der Waals surface area contributed by atoms with E-state index in [4.69, 9.17) is 0 Å². The number of alkyl halides is 3. The van der Waals surface area contributed by atoms with Gasteiger partial charge in [-0.05, 0) is 17.7 Å². The summed E-state index contributed by atoms with van der Waals surface area (Å²) in [7, 11) is 0. The largest absolute Gasteiger partial charge is 1.00 e. The maximum Gasteiger partial charge on any atom is 1.00 e. The van der Waals surface area contributed by atoms with E-state index in [2.05, 4.69) is 0 Å². The molecular formula is C9H6BF6K. The van der Waals surface area contributed by atoms with E-state index in [0.29, 0.717) is 12.1 Å². The van der Waals surface area contributed by atoms with E-state index in [1.807, 2.05) is 0 Å². The van der Waals surface area contributed by atoms with Crippen molar-refractivity contribution in [1.82, 2.24) is 0 Å². The van der Waals surface area contributed by atoms with Crippen molar-refractivity contribution in [3.8, 4) is 0 Å². The Morgan fingerprint density at radius 1 is 1.06 bits per heavy atom. The molecule has 8 heteroatoms. The molecule has 0 aliphatic rings. The molecule has 0 heterocycles. The number of hydrogen-bond acceptors (Lipinski definition) is 0. The van der Waals surface area contributed by atoms with Crippen LogP contribution in [0.25, 0.3) is 6.08 Å². The molecule has 0 aromatic heterocycles. The standard InChI is InChI=1S/C9H6BF6.K/c11-9(12,13)8-3-1-2-7(6-8)4-5-10(14,15)16;/h1-6H;/q-1;+1/b5-4+;. The van der Waals surface area contributed by atoms with E-state index in [9.17, 15) is 26.1 Å². The van der Waals surface area contributed by atoms with Crippen molar-refractivity contribution < 1.29 is 77.5 Å². The first kappa shape index (κ1) is 17.2.